The van der Waals surface area contributed by atoms with Crippen LogP contribution in [0.1, 0.15) is 39.2 Å². The lowest BCUT2D eigenvalue weighted by molar-refractivity contribution is 0.0438. The van der Waals surface area contributed by atoms with E-state index in [9.17, 15) is 4.39 Å². The van der Waals surface area contributed by atoms with Gasteiger partial charge in [-0.2, -0.15) is 0 Å². The van der Waals surface area contributed by atoms with Crippen LogP contribution in [-0.2, 0) is 5.41 Å². The molecular formula is C16H24FN. The van der Waals surface area contributed by atoms with Crippen LogP contribution in [0.3, 0.4) is 0 Å². The van der Waals surface area contributed by atoms with Crippen LogP contribution in [0, 0.1) is 17.2 Å². The van der Waals surface area contributed by atoms with E-state index in [-0.39, 0.29) is 11.2 Å². The highest BCUT2D eigenvalue weighted by Gasteiger charge is 2.49. The summed E-state index contributed by atoms with van der Waals surface area (Å²) >= 11 is 0. The Balaban J connectivity index is 2.24. The molecule has 0 aromatic heterocycles. The zero-order valence-electron chi connectivity index (χ0n) is 11.9. The van der Waals surface area contributed by atoms with E-state index in [0.29, 0.717) is 11.3 Å². The molecular weight excluding hydrogens is 225 g/mol. The van der Waals surface area contributed by atoms with Crippen LogP contribution in [0.5, 0.6) is 0 Å². The Labute approximate surface area is 110 Å². The van der Waals surface area contributed by atoms with E-state index in [1.807, 2.05) is 19.2 Å². The molecule has 0 amide bonds. The first kappa shape index (κ1) is 13.5. The van der Waals surface area contributed by atoms with E-state index in [0.717, 1.165) is 24.9 Å². The molecule has 0 heterocycles. The van der Waals surface area contributed by atoms with Crippen LogP contribution in [-0.4, -0.2) is 13.6 Å². The van der Waals surface area contributed by atoms with Gasteiger partial charge in [-0.05, 0) is 42.9 Å². The van der Waals surface area contributed by atoms with Gasteiger partial charge in [0.1, 0.15) is 5.82 Å². The van der Waals surface area contributed by atoms with Gasteiger partial charge >= 0.3 is 0 Å². The number of nitrogens with one attached hydrogen (secondary N) is 1. The first-order valence-electron chi connectivity index (χ1n) is 6.79. The average Bonchev–Trinajstić information content (AvgIpc) is 2.22. The number of rotatable bonds is 3. The molecule has 1 nitrogen and oxygen atoms in total. The van der Waals surface area contributed by atoms with E-state index in [1.54, 1.807) is 12.1 Å². The van der Waals surface area contributed by atoms with Crippen molar-refractivity contribution in [2.45, 2.75) is 39.0 Å². The molecule has 2 rings (SSSR count). The zero-order valence-corrected chi connectivity index (χ0v) is 11.9. The highest BCUT2D eigenvalue weighted by molar-refractivity contribution is 5.31. The topological polar surface area (TPSA) is 12.0 Å². The largest absolute Gasteiger partial charge is 0.319 e. The summed E-state index contributed by atoms with van der Waals surface area (Å²) in [6.45, 7) is 7.70. The Morgan fingerprint density at radius 1 is 1.28 bits per heavy atom. The standard InChI is InChI=1S/C16H24FN/c1-15(2,3)12-9-16(10-12,11-18-4)13-7-5-6-8-14(13)17/h5-8,12,18H,9-11H2,1-4H3. The third kappa shape index (κ3) is 2.31. The molecule has 1 fully saturated rings. The molecule has 0 aliphatic heterocycles. The molecule has 0 unspecified atom stereocenters. The lowest BCUT2D eigenvalue weighted by Crippen LogP contribution is -2.51. The van der Waals surface area contributed by atoms with Crippen molar-refractivity contribution in [2.75, 3.05) is 13.6 Å². The van der Waals surface area contributed by atoms with Crippen molar-refractivity contribution in [2.24, 2.45) is 11.3 Å². The zero-order chi connectivity index (χ0) is 13.4. The highest BCUT2D eigenvalue weighted by atomic mass is 19.1. The summed E-state index contributed by atoms with van der Waals surface area (Å²) in [5, 5.41) is 3.24. The van der Waals surface area contributed by atoms with E-state index < -0.39 is 0 Å². The summed E-state index contributed by atoms with van der Waals surface area (Å²) in [4.78, 5) is 0. The van der Waals surface area contributed by atoms with Crippen LogP contribution in [0.15, 0.2) is 24.3 Å². The minimum Gasteiger partial charge on any atom is -0.319 e. The second-order valence-electron chi connectivity index (χ2n) is 6.76. The monoisotopic (exact) mass is 249 g/mol. The maximum atomic E-state index is 14.0. The molecule has 1 aliphatic rings. The summed E-state index contributed by atoms with van der Waals surface area (Å²) in [6.07, 6.45) is 2.16. The summed E-state index contributed by atoms with van der Waals surface area (Å²) in [5.41, 5.74) is 1.21. The van der Waals surface area contributed by atoms with Crippen molar-refractivity contribution in [3.63, 3.8) is 0 Å². The Morgan fingerprint density at radius 3 is 2.39 bits per heavy atom. The van der Waals surface area contributed by atoms with Gasteiger partial charge in [0, 0.05) is 12.0 Å². The first-order valence-corrected chi connectivity index (χ1v) is 6.79. The molecule has 0 radical (unpaired) electrons. The number of halogens is 1. The molecule has 1 saturated carbocycles. The fraction of sp³-hybridized carbons (Fsp3) is 0.625. The fourth-order valence-electron chi connectivity index (χ4n) is 3.19. The molecule has 100 valence electrons. The highest BCUT2D eigenvalue weighted by Crippen LogP contribution is 2.54. The van der Waals surface area contributed by atoms with Crippen molar-refractivity contribution < 1.29 is 4.39 Å². The van der Waals surface area contributed by atoms with E-state index in [2.05, 4.69) is 26.1 Å². The normalized spacial score (nSPS) is 27.9. The van der Waals surface area contributed by atoms with Gasteiger partial charge in [-0.3, -0.25) is 0 Å². The second kappa shape index (κ2) is 4.65. The Bertz CT molecular complexity index is 413. The molecule has 1 N–H and O–H groups in total. The smallest absolute Gasteiger partial charge is 0.127 e. The van der Waals surface area contributed by atoms with Gasteiger partial charge < -0.3 is 5.32 Å². The van der Waals surface area contributed by atoms with Crippen molar-refractivity contribution >= 4 is 0 Å². The minimum absolute atomic E-state index is 0.00194. The molecule has 1 aromatic carbocycles. The second-order valence-corrected chi connectivity index (χ2v) is 6.76. The molecule has 1 aliphatic carbocycles. The van der Waals surface area contributed by atoms with Crippen molar-refractivity contribution in [3.8, 4) is 0 Å². The number of likely N-dealkylation sites (N-methyl/N-ethyl adjacent to an activating group) is 1. The third-order valence-corrected chi connectivity index (χ3v) is 4.46. The maximum Gasteiger partial charge on any atom is 0.127 e. The molecule has 2 heteroatoms. The predicted molar refractivity (Wildman–Crippen MR) is 74.2 cm³/mol. The van der Waals surface area contributed by atoms with Gasteiger partial charge in [0.2, 0.25) is 0 Å². The predicted octanol–water partition coefficient (Wildman–Crippen LogP) is 3.74. The number of benzene rings is 1. The van der Waals surface area contributed by atoms with Crippen molar-refractivity contribution in [3.05, 3.63) is 35.6 Å². The quantitative estimate of drug-likeness (QED) is 0.860. The van der Waals surface area contributed by atoms with Crippen molar-refractivity contribution in [1.82, 2.24) is 5.32 Å². The van der Waals surface area contributed by atoms with Crippen LogP contribution in [0.2, 0.25) is 0 Å². The molecule has 18 heavy (non-hydrogen) atoms. The van der Waals surface area contributed by atoms with Crippen LogP contribution in [0.4, 0.5) is 4.39 Å². The lowest BCUT2D eigenvalue weighted by Gasteiger charge is -2.53. The number of hydrogen-bond donors (Lipinski definition) is 1. The summed E-state index contributed by atoms with van der Waals surface area (Å²) in [7, 11) is 1.95. The van der Waals surface area contributed by atoms with E-state index >= 15 is 0 Å². The van der Waals surface area contributed by atoms with Gasteiger partial charge in [-0.25, -0.2) is 4.39 Å². The molecule has 0 atom stereocenters. The van der Waals surface area contributed by atoms with Crippen LogP contribution < -0.4 is 5.32 Å². The summed E-state index contributed by atoms with van der Waals surface area (Å²) in [5.74, 6) is 0.630. The van der Waals surface area contributed by atoms with Gasteiger partial charge in [0.05, 0.1) is 0 Å². The molecule has 0 saturated heterocycles. The average molecular weight is 249 g/mol. The fourth-order valence-corrected chi connectivity index (χ4v) is 3.19. The van der Waals surface area contributed by atoms with Gasteiger partial charge in [0.15, 0.2) is 0 Å². The third-order valence-electron chi connectivity index (χ3n) is 4.46. The number of hydrogen-bond acceptors (Lipinski definition) is 1. The SMILES string of the molecule is CNCC1(c2ccccc2F)CC(C(C)(C)C)C1. The minimum atomic E-state index is -0.0555. The lowest BCUT2D eigenvalue weighted by atomic mass is 9.52. The Morgan fingerprint density at radius 2 is 1.89 bits per heavy atom. The van der Waals surface area contributed by atoms with Crippen LogP contribution in [0.25, 0.3) is 0 Å². The van der Waals surface area contributed by atoms with Crippen LogP contribution >= 0.6 is 0 Å². The van der Waals surface area contributed by atoms with Gasteiger partial charge in [-0.1, -0.05) is 39.0 Å². The van der Waals surface area contributed by atoms with E-state index in [4.69, 9.17) is 0 Å². The molecule has 0 spiro atoms. The van der Waals surface area contributed by atoms with Gasteiger partial charge in [-0.15, -0.1) is 0 Å². The van der Waals surface area contributed by atoms with Gasteiger partial charge in [0.25, 0.3) is 0 Å². The molecule has 1 aromatic rings. The Kier molecular flexibility index (Phi) is 3.50. The molecule has 0 bridgehead atoms. The summed E-state index contributed by atoms with van der Waals surface area (Å²) in [6, 6.07) is 7.24. The Hall–Kier alpha value is -0.890. The maximum absolute atomic E-state index is 14.0. The first-order chi connectivity index (χ1) is 8.39. The summed E-state index contributed by atoms with van der Waals surface area (Å²) < 4.78 is 14.0. The van der Waals surface area contributed by atoms with Crippen molar-refractivity contribution in [1.29, 1.82) is 0 Å². The van der Waals surface area contributed by atoms with E-state index in [1.165, 1.54) is 0 Å².